The lowest BCUT2D eigenvalue weighted by Crippen LogP contribution is -2.61. The molecule has 2 amide bonds. The van der Waals surface area contributed by atoms with Gasteiger partial charge in [-0.05, 0) is 31.1 Å². The normalized spacial score (nSPS) is 15.3. The summed E-state index contributed by atoms with van der Waals surface area (Å²) in [6, 6.07) is 8.55. The second-order valence-corrected chi connectivity index (χ2v) is 5.22. The smallest absolute Gasteiger partial charge is 0.321 e. The Morgan fingerprint density at radius 1 is 1.25 bits per heavy atom. The van der Waals surface area contributed by atoms with Gasteiger partial charge >= 0.3 is 6.03 Å². The Kier molecular flexibility index (Phi) is 5.01. The number of likely N-dealkylation sites (tertiary alicyclic amines) is 1. The molecule has 110 valence electrons. The van der Waals surface area contributed by atoms with E-state index in [0.29, 0.717) is 6.04 Å². The lowest BCUT2D eigenvalue weighted by molar-refractivity contribution is 0.0685. The molecule has 1 N–H and O–H groups in total. The van der Waals surface area contributed by atoms with Crippen LogP contribution in [0.5, 0.6) is 0 Å². The third-order valence-electron chi connectivity index (χ3n) is 4.12. The number of rotatable bonds is 5. The van der Waals surface area contributed by atoms with Gasteiger partial charge in [0.25, 0.3) is 0 Å². The molecule has 1 saturated heterocycles. The first-order valence-corrected chi connectivity index (χ1v) is 7.57. The number of anilines is 1. The zero-order valence-electron chi connectivity index (χ0n) is 12.7. The largest absolute Gasteiger partial charge is 0.321 e. The highest BCUT2D eigenvalue weighted by Gasteiger charge is 2.33. The summed E-state index contributed by atoms with van der Waals surface area (Å²) in [7, 11) is 0. The van der Waals surface area contributed by atoms with Gasteiger partial charge in [0.15, 0.2) is 0 Å². The number of hydrogen-bond acceptors (Lipinski definition) is 2. The standard InChI is InChI=1S/C16H25N3O/c1-4-13-9-7-8-10-15(13)17-16(20)19-11-14(12-19)18(5-2)6-3/h7-10,14H,4-6,11-12H2,1-3H3,(H,17,20). The Bertz CT molecular complexity index is 451. The van der Waals surface area contributed by atoms with Gasteiger partial charge in [-0.2, -0.15) is 0 Å². The molecule has 1 fully saturated rings. The number of urea groups is 1. The summed E-state index contributed by atoms with van der Waals surface area (Å²) in [5.41, 5.74) is 2.12. The van der Waals surface area contributed by atoms with Crippen LogP contribution in [-0.4, -0.2) is 48.1 Å². The summed E-state index contributed by atoms with van der Waals surface area (Å²) in [6.45, 7) is 10.2. The van der Waals surface area contributed by atoms with E-state index in [1.807, 2.05) is 23.1 Å². The van der Waals surface area contributed by atoms with E-state index < -0.39 is 0 Å². The van der Waals surface area contributed by atoms with E-state index >= 15 is 0 Å². The van der Waals surface area contributed by atoms with Gasteiger partial charge in [-0.1, -0.05) is 39.0 Å². The molecule has 0 spiro atoms. The van der Waals surface area contributed by atoms with Gasteiger partial charge in [0.05, 0.1) is 0 Å². The second-order valence-electron chi connectivity index (χ2n) is 5.22. The minimum atomic E-state index is 0.0225. The van der Waals surface area contributed by atoms with Crippen LogP contribution in [0.25, 0.3) is 0 Å². The van der Waals surface area contributed by atoms with E-state index in [1.54, 1.807) is 0 Å². The molecule has 0 saturated carbocycles. The van der Waals surface area contributed by atoms with Crippen molar-refractivity contribution in [1.82, 2.24) is 9.80 Å². The van der Waals surface area contributed by atoms with Crippen molar-refractivity contribution in [3.63, 3.8) is 0 Å². The van der Waals surface area contributed by atoms with E-state index in [9.17, 15) is 4.79 Å². The number of hydrogen-bond donors (Lipinski definition) is 1. The minimum absolute atomic E-state index is 0.0225. The Labute approximate surface area is 121 Å². The molecule has 1 heterocycles. The molecule has 0 aromatic heterocycles. The quantitative estimate of drug-likeness (QED) is 0.897. The molecule has 4 heteroatoms. The molecule has 1 aliphatic heterocycles. The van der Waals surface area contributed by atoms with Gasteiger partial charge in [0, 0.05) is 24.8 Å². The molecule has 4 nitrogen and oxygen atoms in total. The van der Waals surface area contributed by atoms with Crippen molar-refractivity contribution < 1.29 is 4.79 Å². The third kappa shape index (κ3) is 3.12. The Balaban J connectivity index is 1.88. The highest BCUT2D eigenvalue weighted by molar-refractivity contribution is 5.90. The number of aryl methyl sites for hydroxylation is 1. The molecular weight excluding hydrogens is 250 g/mol. The van der Waals surface area contributed by atoms with E-state index in [1.165, 1.54) is 5.56 Å². The molecule has 0 bridgehead atoms. The maximum absolute atomic E-state index is 12.2. The first kappa shape index (κ1) is 14.9. The number of carbonyl (C=O) groups is 1. The highest BCUT2D eigenvalue weighted by atomic mass is 16.2. The average molecular weight is 275 g/mol. The summed E-state index contributed by atoms with van der Waals surface area (Å²) >= 11 is 0. The van der Waals surface area contributed by atoms with Gasteiger partial charge < -0.3 is 10.2 Å². The van der Waals surface area contributed by atoms with Crippen molar-refractivity contribution in [2.75, 3.05) is 31.5 Å². The van der Waals surface area contributed by atoms with Crippen LogP contribution in [0.1, 0.15) is 26.3 Å². The van der Waals surface area contributed by atoms with Gasteiger partial charge in [0.2, 0.25) is 0 Å². The number of carbonyl (C=O) groups excluding carboxylic acids is 1. The van der Waals surface area contributed by atoms with Crippen LogP contribution in [0, 0.1) is 0 Å². The van der Waals surface area contributed by atoms with Gasteiger partial charge in [-0.3, -0.25) is 4.90 Å². The van der Waals surface area contributed by atoms with Crippen molar-refractivity contribution in [1.29, 1.82) is 0 Å². The Hall–Kier alpha value is -1.55. The first-order chi connectivity index (χ1) is 9.69. The number of benzene rings is 1. The van der Waals surface area contributed by atoms with Crippen molar-refractivity contribution in [3.05, 3.63) is 29.8 Å². The molecule has 1 aromatic rings. The second kappa shape index (κ2) is 6.75. The number of amides is 2. The van der Waals surface area contributed by atoms with E-state index in [0.717, 1.165) is 38.3 Å². The maximum Gasteiger partial charge on any atom is 0.321 e. The zero-order chi connectivity index (χ0) is 14.5. The minimum Gasteiger partial charge on any atom is -0.321 e. The van der Waals surface area contributed by atoms with E-state index in [4.69, 9.17) is 0 Å². The van der Waals surface area contributed by atoms with Crippen LogP contribution < -0.4 is 5.32 Å². The average Bonchev–Trinajstić information content (AvgIpc) is 2.42. The molecule has 0 unspecified atom stereocenters. The Morgan fingerprint density at radius 2 is 1.90 bits per heavy atom. The van der Waals surface area contributed by atoms with Gasteiger partial charge in [-0.15, -0.1) is 0 Å². The first-order valence-electron chi connectivity index (χ1n) is 7.57. The van der Waals surface area contributed by atoms with Crippen LogP contribution >= 0.6 is 0 Å². The molecule has 1 aliphatic rings. The molecule has 1 aromatic carbocycles. The molecule has 0 atom stereocenters. The zero-order valence-corrected chi connectivity index (χ0v) is 12.7. The van der Waals surface area contributed by atoms with Crippen LogP contribution in [0.3, 0.4) is 0 Å². The summed E-state index contributed by atoms with van der Waals surface area (Å²) in [4.78, 5) is 16.5. The third-order valence-corrected chi connectivity index (χ3v) is 4.12. The number of likely N-dealkylation sites (N-methyl/N-ethyl adjacent to an activating group) is 1. The fraction of sp³-hybridized carbons (Fsp3) is 0.562. The summed E-state index contributed by atoms with van der Waals surface area (Å²) < 4.78 is 0. The number of nitrogens with zero attached hydrogens (tertiary/aromatic N) is 2. The number of nitrogens with one attached hydrogen (secondary N) is 1. The summed E-state index contributed by atoms with van der Waals surface area (Å²) in [5.74, 6) is 0. The summed E-state index contributed by atoms with van der Waals surface area (Å²) in [5, 5.41) is 3.03. The van der Waals surface area contributed by atoms with Gasteiger partial charge in [0.1, 0.15) is 0 Å². The van der Waals surface area contributed by atoms with E-state index in [2.05, 4.69) is 37.1 Å². The van der Waals surface area contributed by atoms with Crippen molar-refractivity contribution in [3.8, 4) is 0 Å². The molecule has 0 radical (unpaired) electrons. The predicted molar refractivity (Wildman–Crippen MR) is 83.1 cm³/mol. The fourth-order valence-corrected chi connectivity index (χ4v) is 2.74. The van der Waals surface area contributed by atoms with Crippen LogP contribution in [-0.2, 0) is 6.42 Å². The van der Waals surface area contributed by atoms with Gasteiger partial charge in [-0.25, -0.2) is 4.79 Å². The molecule has 0 aliphatic carbocycles. The molecule has 20 heavy (non-hydrogen) atoms. The molecular formula is C16H25N3O. The predicted octanol–water partition coefficient (Wildman–Crippen LogP) is 2.81. The highest BCUT2D eigenvalue weighted by Crippen LogP contribution is 2.19. The summed E-state index contributed by atoms with van der Waals surface area (Å²) in [6.07, 6.45) is 0.929. The lowest BCUT2D eigenvalue weighted by Gasteiger charge is -2.44. The lowest BCUT2D eigenvalue weighted by atomic mass is 10.1. The maximum atomic E-state index is 12.2. The van der Waals surface area contributed by atoms with Crippen LogP contribution in [0.15, 0.2) is 24.3 Å². The number of para-hydroxylation sites is 1. The monoisotopic (exact) mass is 275 g/mol. The van der Waals surface area contributed by atoms with Crippen molar-refractivity contribution in [2.24, 2.45) is 0 Å². The van der Waals surface area contributed by atoms with Crippen LogP contribution in [0.4, 0.5) is 10.5 Å². The SMILES string of the molecule is CCc1ccccc1NC(=O)N1CC(N(CC)CC)C1. The fourth-order valence-electron chi connectivity index (χ4n) is 2.74. The van der Waals surface area contributed by atoms with Crippen molar-refractivity contribution in [2.45, 2.75) is 33.2 Å². The van der Waals surface area contributed by atoms with Crippen LogP contribution in [0.2, 0.25) is 0 Å². The van der Waals surface area contributed by atoms with Crippen molar-refractivity contribution >= 4 is 11.7 Å². The topological polar surface area (TPSA) is 35.6 Å². The van der Waals surface area contributed by atoms with E-state index in [-0.39, 0.29) is 6.03 Å². The Morgan fingerprint density at radius 3 is 2.50 bits per heavy atom. The molecule has 2 rings (SSSR count).